The fourth-order valence-corrected chi connectivity index (χ4v) is 4.05. The molecule has 0 aromatic heterocycles. The zero-order chi connectivity index (χ0) is 20.1. The Kier molecular flexibility index (Phi) is 6.97. The number of hydrogen-bond acceptors (Lipinski definition) is 2. The molecule has 1 aliphatic rings. The average molecular weight is 419 g/mol. The number of amides is 2. The van der Waals surface area contributed by atoms with Crippen molar-refractivity contribution in [2.24, 2.45) is 0 Å². The number of hydrogen-bond donors (Lipinski definition) is 0. The minimum Gasteiger partial charge on any atom is -0.339 e. The maximum Gasteiger partial charge on any atom is 0.227 e. The van der Waals surface area contributed by atoms with Crippen LogP contribution in [0.15, 0.2) is 48.5 Å². The Morgan fingerprint density at radius 1 is 1.04 bits per heavy atom. The number of aryl methyl sites for hydroxylation is 1. The normalized spacial score (nSPS) is 16.9. The van der Waals surface area contributed by atoms with E-state index in [4.69, 9.17) is 23.2 Å². The quantitative estimate of drug-likeness (QED) is 0.728. The molecular formula is C22H24Cl2N2O2. The predicted octanol–water partition coefficient (Wildman–Crippen LogP) is 4.23. The second-order valence-corrected chi connectivity index (χ2v) is 8.02. The number of nitrogens with zero attached hydrogens (tertiary/aromatic N) is 2. The Balaban J connectivity index is 1.51. The predicted molar refractivity (Wildman–Crippen MR) is 113 cm³/mol. The lowest BCUT2D eigenvalue weighted by Gasteiger charge is -2.40. The Morgan fingerprint density at radius 3 is 2.46 bits per heavy atom. The van der Waals surface area contributed by atoms with E-state index >= 15 is 0 Å². The third-order valence-corrected chi connectivity index (χ3v) is 5.71. The summed E-state index contributed by atoms with van der Waals surface area (Å²) in [5, 5.41) is 1.18. The molecule has 1 aliphatic heterocycles. The second-order valence-electron chi connectivity index (χ2n) is 7.17. The van der Waals surface area contributed by atoms with Gasteiger partial charge in [0.05, 0.1) is 6.42 Å². The van der Waals surface area contributed by atoms with Crippen LogP contribution in [0.25, 0.3) is 0 Å². The molecule has 2 aromatic rings. The van der Waals surface area contributed by atoms with E-state index in [0.29, 0.717) is 48.9 Å². The van der Waals surface area contributed by atoms with Crippen LogP contribution in [0.5, 0.6) is 0 Å². The van der Waals surface area contributed by atoms with Crippen molar-refractivity contribution < 1.29 is 9.59 Å². The highest BCUT2D eigenvalue weighted by Crippen LogP contribution is 2.22. The van der Waals surface area contributed by atoms with Gasteiger partial charge in [-0.2, -0.15) is 0 Å². The first kappa shape index (κ1) is 20.7. The van der Waals surface area contributed by atoms with E-state index in [1.165, 1.54) is 0 Å². The molecule has 148 valence electrons. The van der Waals surface area contributed by atoms with Crippen molar-refractivity contribution in [1.29, 1.82) is 0 Å². The number of piperazine rings is 1. The Bertz CT molecular complexity index is 842. The molecular weight excluding hydrogens is 395 g/mol. The van der Waals surface area contributed by atoms with E-state index < -0.39 is 0 Å². The molecule has 0 radical (unpaired) electrons. The summed E-state index contributed by atoms with van der Waals surface area (Å²) >= 11 is 12.1. The van der Waals surface area contributed by atoms with E-state index in [-0.39, 0.29) is 17.9 Å². The van der Waals surface area contributed by atoms with Crippen LogP contribution in [0.3, 0.4) is 0 Å². The molecule has 1 fully saturated rings. The molecule has 28 heavy (non-hydrogen) atoms. The maximum absolute atomic E-state index is 12.6. The summed E-state index contributed by atoms with van der Waals surface area (Å²) in [6.45, 7) is 3.70. The van der Waals surface area contributed by atoms with Crippen molar-refractivity contribution in [1.82, 2.24) is 9.80 Å². The molecule has 0 bridgehead atoms. The van der Waals surface area contributed by atoms with Gasteiger partial charge in [-0.1, -0.05) is 59.6 Å². The topological polar surface area (TPSA) is 40.6 Å². The highest BCUT2D eigenvalue weighted by molar-refractivity contribution is 6.35. The molecule has 1 saturated heterocycles. The summed E-state index contributed by atoms with van der Waals surface area (Å²) in [4.78, 5) is 29.0. The van der Waals surface area contributed by atoms with Gasteiger partial charge in [-0.3, -0.25) is 9.59 Å². The van der Waals surface area contributed by atoms with Crippen molar-refractivity contribution in [2.45, 2.75) is 32.2 Å². The SMILES string of the molecule is C[C@@H]1CN(C(=O)CCc2ccc(Cl)cc2Cl)CCN1C(=O)Cc1ccccc1. The first-order chi connectivity index (χ1) is 13.4. The van der Waals surface area contributed by atoms with Crippen LogP contribution in [0.1, 0.15) is 24.5 Å². The van der Waals surface area contributed by atoms with Crippen molar-refractivity contribution in [3.8, 4) is 0 Å². The smallest absolute Gasteiger partial charge is 0.227 e. The third kappa shape index (κ3) is 5.27. The van der Waals surface area contributed by atoms with Gasteiger partial charge in [0.25, 0.3) is 0 Å². The number of rotatable bonds is 5. The average Bonchev–Trinajstić information content (AvgIpc) is 2.67. The van der Waals surface area contributed by atoms with Crippen LogP contribution in [-0.4, -0.2) is 47.3 Å². The van der Waals surface area contributed by atoms with Gasteiger partial charge in [-0.05, 0) is 36.6 Å². The van der Waals surface area contributed by atoms with Crippen molar-refractivity contribution in [3.05, 3.63) is 69.7 Å². The molecule has 0 N–H and O–H groups in total. The zero-order valence-electron chi connectivity index (χ0n) is 15.9. The Morgan fingerprint density at radius 2 is 1.79 bits per heavy atom. The Labute approximate surface area is 176 Å². The van der Waals surface area contributed by atoms with Gasteiger partial charge in [0.15, 0.2) is 0 Å². The van der Waals surface area contributed by atoms with E-state index in [1.807, 2.05) is 53.1 Å². The first-order valence-corrected chi connectivity index (χ1v) is 10.2. The molecule has 0 spiro atoms. The van der Waals surface area contributed by atoms with Gasteiger partial charge >= 0.3 is 0 Å². The lowest BCUT2D eigenvalue weighted by atomic mass is 10.1. The molecule has 6 heteroatoms. The van der Waals surface area contributed by atoms with Gasteiger partial charge < -0.3 is 9.80 Å². The van der Waals surface area contributed by atoms with E-state index in [1.54, 1.807) is 12.1 Å². The van der Waals surface area contributed by atoms with Gasteiger partial charge in [0, 0.05) is 42.1 Å². The van der Waals surface area contributed by atoms with Gasteiger partial charge in [-0.15, -0.1) is 0 Å². The minimum absolute atomic E-state index is 0.00744. The van der Waals surface area contributed by atoms with Crippen LogP contribution in [0.4, 0.5) is 0 Å². The second kappa shape index (κ2) is 9.44. The maximum atomic E-state index is 12.6. The summed E-state index contributed by atoms with van der Waals surface area (Å²) in [5.74, 6) is 0.201. The van der Waals surface area contributed by atoms with E-state index in [9.17, 15) is 9.59 Å². The van der Waals surface area contributed by atoms with E-state index in [0.717, 1.165) is 11.1 Å². The molecule has 2 amide bonds. The number of benzene rings is 2. The third-order valence-electron chi connectivity index (χ3n) is 5.12. The molecule has 1 heterocycles. The fourth-order valence-electron chi connectivity index (χ4n) is 3.55. The van der Waals surface area contributed by atoms with Crippen molar-refractivity contribution >= 4 is 35.0 Å². The standard InChI is InChI=1S/C22H24Cl2N2O2/c1-16-15-25(21(27)10-8-18-7-9-19(23)14-20(18)24)11-12-26(16)22(28)13-17-5-3-2-4-6-17/h2-7,9,14,16H,8,10-13,15H2,1H3/t16-/m1/s1. The summed E-state index contributed by atoms with van der Waals surface area (Å²) < 4.78 is 0. The van der Waals surface area contributed by atoms with Crippen molar-refractivity contribution in [3.63, 3.8) is 0 Å². The highest BCUT2D eigenvalue weighted by Gasteiger charge is 2.29. The lowest BCUT2D eigenvalue weighted by molar-refractivity contribution is -0.142. The molecule has 0 aliphatic carbocycles. The van der Waals surface area contributed by atoms with Gasteiger partial charge in [0.2, 0.25) is 11.8 Å². The van der Waals surface area contributed by atoms with Crippen LogP contribution in [0.2, 0.25) is 10.0 Å². The summed E-state index contributed by atoms with van der Waals surface area (Å²) in [6, 6.07) is 15.1. The van der Waals surface area contributed by atoms with Gasteiger partial charge in [-0.25, -0.2) is 0 Å². The summed E-state index contributed by atoms with van der Waals surface area (Å²) in [7, 11) is 0. The monoisotopic (exact) mass is 418 g/mol. The number of carbonyl (C=O) groups excluding carboxylic acids is 2. The van der Waals surface area contributed by atoms with Crippen LogP contribution < -0.4 is 0 Å². The molecule has 3 rings (SSSR count). The molecule has 0 unspecified atom stereocenters. The molecule has 2 aromatic carbocycles. The molecule has 0 saturated carbocycles. The first-order valence-electron chi connectivity index (χ1n) is 9.49. The summed E-state index contributed by atoms with van der Waals surface area (Å²) in [5.41, 5.74) is 1.93. The number of carbonyl (C=O) groups is 2. The van der Waals surface area contributed by atoms with E-state index in [2.05, 4.69) is 0 Å². The van der Waals surface area contributed by atoms with Crippen molar-refractivity contribution in [2.75, 3.05) is 19.6 Å². The van der Waals surface area contributed by atoms with Crippen LogP contribution in [0, 0.1) is 0 Å². The largest absolute Gasteiger partial charge is 0.339 e. The highest BCUT2D eigenvalue weighted by atomic mass is 35.5. The number of halogens is 2. The Hall–Kier alpha value is -2.04. The van der Waals surface area contributed by atoms with Crippen LogP contribution in [-0.2, 0) is 22.4 Å². The molecule has 1 atom stereocenters. The van der Waals surface area contributed by atoms with Gasteiger partial charge in [0.1, 0.15) is 0 Å². The fraction of sp³-hybridized carbons (Fsp3) is 0.364. The molecule has 4 nitrogen and oxygen atoms in total. The lowest BCUT2D eigenvalue weighted by Crippen LogP contribution is -2.55. The summed E-state index contributed by atoms with van der Waals surface area (Å²) in [6.07, 6.45) is 1.37. The minimum atomic E-state index is 0.00744. The van der Waals surface area contributed by atoms with Crippen LogP contribution >= 0.6 is 23.2 Å². The zero-order valence-corrected chi connectivity index (χ0v) is 17.4.